The van der Waals surface area contributed by atoms with Gasteiger partial charge in [-0.05, 0) is 18.1 Å². The van der Waals surface area contributed by atoms with Gasteiger partial charge in [0.15, 0.2) is 5.69 Å². The summed E-state index contributed by atoms with van der Waals surface area (Å²) in [6, 6.07) is 5.32. The SMILES string of the molecule is CCc1[nH]nc(C(=O)N(C)Cc2cccc(Cl)c2Cl)c1N. The number of hydrogen-bond acceptors (Lipinski definition) is 3. The first-order valence-electron chi connectivity index (χ1n) is 6.46. The molecule has 5 nitrogen and oxygen atoms in total. The molecule has 2 rings (SSSR count). The van der Waals surface area contributed by atoms with Gasteiger partial charge in [-0.1, -0.05) is 42.3 Å². The Hall–Kier alpha value is -1.72. The van der Waals surface area contributed by atoms with E-state index in [9.17, 15) is 4.79 Å². The third kappa shape index (κ3) is 3.14. The minimum absolute atomic E-state index is 0.229. The number of rotatable bonds is 4. The Bertz CT molecular complexity index is 669. The first kappa shape index (κ1) is 15.7. The van der Waals surface area contributed by atoms with Crippen LogP contribution < -0.4 is 5.73 Å². The van der Waals surface area contributed by atoms with Crippen molar-refractivity contribution < 1.29 is 4.79 Å². The molecule has 1 amide bonds. The van der Waals surface area contributed by atoms with Gasteiger partial charge in [-0.25, -0.2) is 0 Å². The van der Waals surface area contributed by atoms with Crippen LogP contribution in [0.1, 0.15) is 28.7 Å². The number of H-pyrrole nitrogens is 1. The Balaban J connectivity index is 2.19. The molecule has 0 unspecified atom stereocenters. The Morgan fingerprint density at radius 2 is 2.14 bits per heavy atom. The molecule has 0 radical (unpaired) electrons. The summed E-state index contributed by atoms with van der Waals surface area (Å²) in [6.07, 6.45) is 0.690. The van der Waals surface area contributed by atoms with E-state index in [4.69, 9.17) is 28.9 Å². The van der Waals surface area contributed by atoms with Crippen LogP contribution in [0.15, 0.2) is 18.2 Å². The van der Waals surface area contributed by atoms with Crippen LogP contribution in [0.25, 0.3) is 0 Å². The molecule has 7 heteroatoms. The molecule has 0 aliphatic carbocycles. The molecule has 2 aromatic rings. The highest BCUT2D eigenvalue weighted by atomic mass is 35.5. The molecule has 0 aliphatic rings. The number of carbonyl (C=O) groups excluding carboxylic acids is 1. The van der Waals surface area contributed by atoms with E-state index >= 15 is 0 Å². The summed E-state index contributed by atoms with van der Waals surface area (Å²) < 4.78 is 0. The highest BCUT2D eigenvalue weighted by Crippen LogP contribution is 2.27. The molecule has 0 saturated carbocycles. The molecule has 3 N–H and O–H groups in total. The molecule has 0 saturated heterocycles. The number of amides is 1. The zero-order chi connectivity index (χ0) is 15.6. The molecule has 1 heterocycles. The van der Waals surface area contributed by atoms with Crippen LogP contribution in [0.2, 0.25) is 10.0 Å². The molecule has 21 heavy (non-hydrogen) atoms. The Morgan fingerprint density at radius 1 is 1.43 bits per heavy atom. The summed E-state index contributed by atoms with van der Waals surface area (Å²) >= 11 is 12.1. The van der Waals surface area contributed by atoms with Crippen molar-refractivity contribution in [2.24, 2.45) is 0 Å². The molecule has 112 valence electrons. The van der Waals surface area contributed by atoms with Gasteiger partial charge < -0.3 is 10.6 Å². The number of anilines is 1. The second-order valence-electron chi connectivity index (χ2n) is 4.69. The zero-order valence-electron chi connectivity index (χ0n) is 11.8. The highest BCUT2D eigenvalue weighted by Gasteiger charge is 2.21. The molecular formula is C14H16Cl2N4O. The van der Waals surface area contributed by atoms with Crippen LogP contribution in [-0.2, 0) is 13.0 Å². The van der Waals surface area contributed by atoms with Crippen molar-refractivity contribution in [2.45, 2.75) is 19.9 Å². The maximum atomic E-state index is 12.4. The fourth-order valence-electron chi connectivity index (χ4n) is 2.00. The van der Waals surface area contributed by atoms with Crippen LogP contribution in [0, 0.1) is 0 Å². The van der Waals surface area contributed by atoms with Crippen molar-refractivity contribution >= 4 is 34.8 Å². The Labute approximate surface area is 133 Å². The second-order valence-corrected chi connectivity index (χ2v) is 5.48. The normalized spacial score (nSPS) is 10.7. The van der Waals surface area contributed by atoms with E-state index in [1.54, 1.807) is 19.2 Å². The number of benzene rings is 1. The maximum Gasteiger partial charge on any atom is 0.276 e. The van der Waals surface area contributed by atoms with E-state index in [-0.39, 0.29) is 11.6 Å². The number of aromatic amines is 1. The largest absolute Gasteiger partial charge is 0.395 e. The minimum Gasteiger partial charge on any atom is -0.395 e. The average molecular weight is 327 g/mol. The smallest absolute Gasteiger partial charge is 0.276 e. The minimum atomic E-state index is -0.264. The van der Waals surface area contributed by atoms with Gasteiger partial charge in [-0.3, -0.25) is 9.89 Å². The van der Waals surface area contributed by atoms with Gasteiger partial charge in [0.25, 0.3) is 5.91 Å². The predicted octanol–water partition coefficient (Wildman–Crippen LogP) is 3.13. The van der Waals surface area contributed by atoms with Gasteiger partial charge in [0, 0.05) is 13.6 Å². The van der Waals surface area contributed by atoms with Crippen molar-refractivity contribution in [3.8, 4) is 0 Å². The number of aromatic nitrogens is 2. The van der Waals surface area contributed by atoms with Gasteiger partial charge in [0.1, 0.15) is 0 Å². The van der Waals surface area contributed by atoms with Gasteiger partial charge in [0.2, 0.25) is 0 Å². The molecule has 1 aromatic heterocycles. The number of hydrogen-bond donors (Lipinski definition) is 2. The standard InChI is InChI=1S/C14H16Cl2N4O/c1-3-10-12(17)13(19-18-10)14(21)20(2)7-8-5-4-6-9(15)11(8)16/h4-6H,3,7,17H2,1-2H3,(H,18,19). The van der Waals surface area contributed by atoms with Crippen molar-refractivity contribution in [2.75, 3.05) is 12.8 Å². The van der Waals surface area contributed by atoms with E-state index in [1.807, 2.05) is 13.0 Å². The molecule has 0 fully saturated rings. The van der Waals surface area contributed by atoms with Crippen LogP contribution in [0.5, 0.6) is 0 Å². The quantitative estimate of drug-likeness (QED) is 0.906. The number of nitrogens with one attached hydrogen (secondary N) is 1. The Kier molecular flexibility index (Phi) is 4.75. The van der Waals surface area contributed by atoms with Gasteiger partial charge in [0.05, 0.1) is 21.4 Å². The van der Waals surface area contributed by atoms with E-state index < -0.39 is 0 Å². The van der Waals surface area contributed by atoms with Crippen molar-refractivity contribution in [3.63, 3.8) is 0 Å². The monoisotopic (exact) mass is 326 g/mol. The van der Waals surface area contributed by atoms with Crippen LogP contribution in [-0.4, -0.2) is 28.1 Å². The van der Waals surface area contributed by atoms with Gasteiger partial charge >= 0.3 is 0 Å². The van der Waals surface area contributed by atoms with Crippen molar-refractivity contribution in [1.82, 2.24) is 15.1 Å². The molecule has 1 aromatic carbocycles. The predicted molar refractivity (Wildman–Crippen MR) is 84.6 cm³/mol. The summed E-state index contributed by atoms with van der Waals surface area (Å²) in [5, 5.41) is 7.67. The van der Waals surface area contributed by atoms with Gasteiger partial charge in [-0.15, -0.1) is 0 Å². The van der Waals surface area contributed by atoms with Crippen LogP contribution >= 0.6 is 23.2 Å². The second kappa shape index (κ2) is 6.37. The van der Waals surface area contributed by atoms with Gasteiger partial charge in [-0.2, -0.15) is 5.10 Å². The van der Waals surface area contributed by atoms with E-state index in [2.05, 4.69) is 10.2 Å². The third-order valence-electron chi connectivity index (χ3n) is 3.22. The molecule has 0 aliphatic heterocycles. The average Bonchev–Trinajstić information content (AvgIpc) is 2.84. The summed E-state index contributed by atoms with van der Waals surface area (Å²) in [5.41, 5.74) is 8.06. The van der Waals surface area contributed by atoms with Crippen molar-refractivity contribution in [1.29, 1.82) is 0 Å². The number of carbonyl (C=O) groups is 1. The topological polar surface area (TPSA) is 75.0 Å². The number of nitrogen functional groups attached to an aromatic ring is 1. The lowest BCUT2D eigenvalue weighted by molar-refractivity contribution is 0.0780. The highest BCUT2D eigenvalue weighted by molar-refractivity contribution is 6.42. The number of nitrogens with two attached hydrogens (primary N) is 1. The lowest BCUT2D eigenvalue weighted by Gasteiger charge is -2.17. The molecular weight excluding hydrogens is 311 g/mol. The fourth-order valence-corrected chi connectivity index (χ4v) is 2.38. The fraction of sp³-hybridized carbons (Fsp3) is 0.286. The van der Waals surface area contributed by atoms with E-state index in [1.165, 1.54) is 4.90 Å². The van der Waals surface area contributed by atoms with Crippen molar-refractivity contribution in [3.05, 3.63) is 45.2 Å². The lowest BCUT2D eigenvalue weighted by Crippen LogP contribution is -2.27. The molecule has 0 bridgehead atoms. The van der Waals surface area contributed by atoms with Crippen LogP contribution in [0.3, 0.4) is 0 Å². The number of aryl methyl sites for hydroxylation is 1. The Morgan fingerprint density at radius 3 is 2.76 bits per heavy atom. The number of nitrogens with zero attached hydrogens (tertiary/aromatic N) is 2. The first-order chi connectivity index (χ1) is 9.95. The third-order valence-corrected chi connectivity index (χ3v) is 4.08. The summed E-state index contributed by atoms with van der Waals surface area (Å²) in [7, 11) is 1.67. The number of halogens is 2. The zero-order valence-corrected chi connectivity index (χ0v) is 13.3. The lowest BCUT2D eigenvalue weighted by atomic mass is 10.2. The van der Waals surface area contributed by atoms with E-state index in [0.717, 1.165) is 11.3 Å². The molecule has 0 atom stereocenters. The van der Waals surface area contributed by atoms with Crippen LogP contribution in [0.4, 0.5) is 5.69 Å². The first-order valence-corrected chi connectivity index (χ1v) is 7.22. The summed E-state index contributed by atoms with van der Waals surface area (Å²) in [6.45, 7) is 2.26. The van der Waals surface area contributed by atoms with E-state index in [0.29, 0.717) is 28.7 Å². The maximum absolute atomic E-state index is 12.4. The summed E-state index contributed by atoms with van der Waals surface area (Å²) in [4.78, 5) is 13.9. The molecule has 0 spiro atoms. The summed E-state index contributed by atoms with van der Waals surface area (Å²) in [5.74, 6) is -0.264.